The van der Waals surface area contributed by atoms with E-state index >= 15 is 0 Å². The van der Waals surface area contributed by atoms with E-state index in [2.05, 4.69) is 46.6 Å². The molecule has 154 valence electrons. The highest BCUT2D eigenvalue weighted by molar-refractivity contribution is 5.93. The van der Waals surface area contributed by atoms with Gasteiger partial charge >= 0.3 is 0 Å². The molecule has 1 heterocycles. The fraction of sp³-hybridized carbons (Fsp3) is 0.292. The fourth-order valence-corrected chi connectivity index (χ4v) is 4.18. The van der Waals surface area contributed by atoms with Crippen LogP contribution in [0.3, 0.4) is 0 Å². The van der Waals surface area contributed by atoms with Crippen molar-refractivity contribution >= 4 is 28.1 Å². The summed E-state index contributed by atoms with van der Waals surface area (Å²) in [6.07, 6.45) is 1.78. The van der Waals surface area contributed by atoms with Crippen LogP contribution in [0.1, 0.15) is 24.0 Å². The first-order valence-electron chi connectivity index (χ1n) is 10.3. The van der Waals surface area contributed by atoms with E-state index in [0.29, 0.717) is 12.2 Å². The maximum absolute atomic E-state index is 12.9. The van der Waals surface area contributed by atoms with Crippen molar-refractivity contribution in [3.63, 3.8) is 0 Å². The lowest BCUT2D eigenvalue weighted by atomic mass is 9.95. The van der Waals surface area contributed by atoms with Gasteiger partial charge in [-0.15, -0.1) is 0 Å². The summed E-state index contributed by atoms with van der Waals surface area (Å²) >= 11 is 0. The Hall–Kier alpha value is -3.25. The molecule has 1 atom stereocenters. The molecule has 6 nitrogen and oxygen atoms in total. The smallest absolute Gasteiger partial charge is 0.271 e. The third kappa shape index (κ3) is 4.33. The normalized spacial score (nSPS) is 17.0. The average Bonchev–Trinajstić information content (AvgIpc) is 2.75. The number of anilines is 1. The third-order valence-corrected chi connectivity index (χ3v) is 5.84. The average molecular weight is 403 g/mol. The van der Waals surface area contributed by atoms with E-state index in [-0.39, 0.29) is 17.5 Å². The van der Waals surface area contributed by atoms with Crippen molar-refractivity contribution in [1.82, 2.24) is 4.90 Å². The first-order chi connectivity index (χ1) is 14.5. The topological polar surface area (TPSA) is 75.5 Å². The number of hydrogen-bond acceptors (Lipinski definition) is 4. The van der Waals surface area contributed by atoms with Gasteiger partial charge in [-0.05, 0) is 48.2 Å². The number of carbonyl (C=O) groups is 1. The monoisotopic (exact) mass is 403 g/mol. The van der Waals surface area contributed by atoms with Gasteiger partial charge in [0.05, 0.1) is 16.5 Å². The number of benzene rings is 3. The van der Waals surface area contributed by atoms with Crippen LogP contribution in [-0.4, -0.2) is 28.8 Å². The minimum atomic E-state index is -0.443. The predicted molar refractivity (Wildman–Crippen MR) is 118 cm³/mol. The van der Waals surface area contributed by atoms with E-state index in [1.54, 1.807) is 6.07 Å². The first kappa shape index (κ1) is 20.0. The number of nitro benzene ring substituents is 1. The lowest BCUT2D eigenvalue weighted by Gasteiger charge is -2.32. The van der Waals surface area contributed by atoms with Crippen LogP contribution in [0.15, 0.2) is 60.7 Å². The van der Waals surface area contributed by atoms with Crippen molar-refractivity contribution in [2.45, 2.75) is 26.3 Å². The number of hydrogen-bond donors (Lipinski definition) is 1. The standard InChI is InChI=1S/C24H25N3O3/c1-17-11-12-21(27(29)30)14-23(17)25-24(28)20-9-5-13-26(16-20)15-19-8-4-7-18-6-2-3-10-22(18)19/h2-4,6-8,10-12,14,20H,5,9,13,15-16H2,1H3,(H,25,28). The summed E-state index contributed by atoms with van der Waals surface area (Å²) < 4.78 is 0. The van der Waals surface area contributed by atoms with Gasteiger partial charge in [-0.1, -0.05) is 48.5 Å². The molecule has 4 rings (SSSR count). The Morgan fingerprint density at radius 1 is 1.17 bits per heavy atom. The van der Waals surface area contributed by atoms with Crippen molar-refractivity contribution in [3.05, 3.63) is 81.9 Å². The van der Waals surface area contributed by atoms with Crippen LogP contribution < -0.4 is 5.32 Å². The van der Waals surface area contributed by atoms with Crippen molar-refractivity contribution in [3.8, 4) is 0 Å². The molecular weight excluding hydrogens is 378 g/mol. The molecular formula is C24H25N3O3. The Balaban J connectivity index is 1.45. The molecule has 3 aromatic carbocycles. The van der Waals surface area contributed by atoms with Gasteiger partial charge in [0, 0.05) is 25.2 Å². The number of amides is 1. The van der Waals surface area contributed by atoms with Crippen molar-refractivity contribution in [1.29, 1.82) is 0 Å². The molecule has 3 aromatic rings. The van der Waals surface area contributed by atoms with Crippen LogP contribution in [0.5, 0.6) is 0 Å². The number of carbonyl (C=O) groups excluding carboxylic acids is 1. The van der Waals surface area contributed by atoms with E-state index in [1.807, 2.05) is 13.0 Å². The van der Waals surface area contributed by atoms with Crippen LogP contribution in [0, 0.1) is 23.0 Å². The molecule has 1 aliphatic rings. The summed E-state index contributed by atoms with van der Waals surface area (Å²) in [4.78, 5) is 25.8. The Kier molecular flexibility index (Phi) is 5.77. The van der Waals surface area contributed by atoms with Gasteiger partial charge in [-0.2, -0.15) is 0 Å². The molecule has 30 heavy (non-hydrogen) atoms. The highest BCUT2D eigenvalue weighted by atomic mass is 16.6. The van der Waals surface area contributed by atoms with E-state index in [0.717, 1.165) is 31.5 Å². The molecule has 1 fully saturated rings. The zero-order chi connectivity index (χ0) is 21.1. The van der Waals surface area contributed by atoms with Crippen molar-refractivity contribution in [2.75, 3.05) is 18.4 Å². The number of nitrogens with zero attached hydrogens (tertiary/aromatic N) is 2. The predicted octanol–water partition coefficient (Wildman–Crippen LogP) is 4.91. The second kappa shape index (κ2) is 8.63. The minimum Gasteiger partial charge on any atom is -0.325 e. The second-order valence-electron chi connectivity index (χ2n) is 7.96. The maximum atomic E-state index is 12.9. The van der Waals surface area contributed by atoms with E-state index in [4.69, 9.17) is 0 Å². The summed E-state index contributed by atoms with van der Waals surface area (Å²) in [6, 6.07) is 19.3. The number of rotatable bonds is 5. The summed E-state index contributed by atoms with van der Waals surface area (Å²) in [6.45, 7) is 4.29. The summed E-state index contributed by atoms with van der Waals surface area (Å²) in [5.74, 6) is -0.200. The van der Waals surface area contributed by atoms with Gasteiger partial charge in [0.1, 0.15) is 0 Å². The number of fused-ring (bicyclic) bond motifs is 1. The zero-order valence-electron chi connectivity index (χ0n) is 17.0. The molecule has 0 saturated carbocycles. The number of likely N-dealkylation sites (tertiary alicyclic amines) is 1. The lowest BCUT2D eigenvalue weighted by molar-refractivity contribution is -0.384. The summed E-state index contributed by atoms with van der Waals surface area (Å²) in [5.41, 5.74) is 2.58. The van der Waals surface area contributed by atoms with Gasteiger partial charge in [-0.3, -0.25) is 19.8 Å². The largest absolute Gasteiger partial charge is 0.325 e. The first-order valence-corrected chi connectivity index (χ1v) is 10.3. The van der Waals surface area contributed by atoms with E-state index in [1.165, 1.54) is 28.5 Å². The van der Waals surface area contributed by atoms with Gasteiger partial charge < -0.3 is 5.32 Å². The van der Waals surface area contributed by atoms with Crippen LogP contribution in [0.2, 0.25) is 0 Å². The Bertz CT molecular complexity index is 1090. The highest BCUT2D eigenvalue weighted by Gasteiger charge is 2.26. The number of nitro groups is 1. The summed E-state index contributed by atoms with van der Waals surface area (Å²) in [7, 11) is 0. The molecule has 1 N–H and O–H groups in total. The van der Waals surface area contributed by atoms with E-state index in [9.17, 15) is 14.9 Å². The van der Waals surface area contributed by atoms with Gasteiger partial charge in [0.15, 0.2) is 0 Å². The maximum Gasteiger partial charge on any atom is 0.271 e. The summed E-state index contributed by atoms with van der Waals surface area (Å²) in [5, 5.41) is 16.4. The fourth-order valence-electron chi connectivity index (χ4n) is 4.18. The SMILES string of the molecule is Cc1ccc([N+](=O)[O-])cc1NC(=O)C1CCCN(Cc2cccc3ccccc23)C1. The van der Waals surface area contributed by atoms with E-state index < -0.39 is 4.92 Å². The molecule has 0 spiro atoms. The Labute approximate surface area is 175 Å². The van der Waals surface area contributed by atoms with Gasteiger partial charge in [0.2, 0.25) is 5.91 Å². The number of piperidine rings is 1. The molecule has 1 unspecified atom stereocenters. The Morgan fingerprint density at radius 3 is 2.80 bits per heavy atom. The van der Waals surface area contributed by atoms with Crippen molar-refractivity contribution in [2.24, 2.45) is 5.92 Å². The lowest BCUT2D eigenvalue weighted by Crippen LogP contribution is -2.40. The molecule has 0 aliphatic carbocycles. The number of non-ortho nitro benzene ring substituents is 1. The van der Waals surface area contributed by atoms with Crippen LogP contribution in [0.4, 0.5) is 11.4 Å². The Morgan fingerprint density at radius 2 is 1.97 bits per heavy atom. The third-order valence-electron chi connectivity index (χ3n) is 5.84. The number of aryl methyl sites for hydroxylation is 1. The molecule has 0 radical (unpaired) electrons. The van der Waals surface area contributed by atoms with Crippen LogP contribution in [-0.2, 0) is 11.3 Å². The van der Waals surface area contributed by atoms with Crippen LogP contribution in [0.25, 0.3) is 10.8 Å². The number of nitrogens with one attached hydrogen (secondary N) is 1. The zero-order valence-corrected chi connectivity index (χ0v) is 17.0. The van der Waals surface area contributed by atoms with Gasteiger partial charge in [0.25, 0.3) is 5.69 Å². The molecule has 1 saturated heterocycles. The molecule has 0 aromatic heterocycles. The highest BCUT2D eigenvalue weighted by Crippen LogP contribution is 2.26. The molecule has 1 amide bonds. The molecule has 0 bridgehead atoms. The molecule has 6 heteroatoms. The van der Waals surface area contributed by atoms with Gasteiger partial charge in [-0.25, -0.2) is 0 Å². The van der Waals surface area contributed by atoms with Crippen LogP contribution >= 0.6 is 0 Å². The van der Waals surface area contributed by atoms with Crippen molar-refractivity contribution < 1.29 is 9.72 Å². The second-order valence-corrected chi connectivity index (χ2v) is 7.96. The quantitative estimate of drug-likeness (QED) is 0.485. The molecule has 1 aliphatic heterocycles. The minimum absolute atomic E-state index is 0.0165.